The van der Waals surface area contributed by atoms with Gasteiger partial charge in [0.15, 0.2) is 0 Å². The van der Waals surface area contributed by atoms with Crippen LogP contribution in [0, 0.1) is 13.8 Å². The highest BCUT2D eigenvalue weighted by Crippen LogP contribution is 2.24. The second-order valence-corrected chi connectivity index (χ2v) is 3.68. The molecule has 0 aliphatic carbocycles. The number of anilines is 2. The number of nitrogens with two attached hydrogens (primary N) is 1. The van der Waals surface area contributed by atoms with Gasteiger partial charge in [-0.3, -0.25) is 0 Å². The fourth-order valence-corrected chi connectivity index (χ4v) is 1.64. The van der Waals surface area contributed by atoms with Crippen molar-refractivity contribution in [3.63, 3.8) is 0 Å². The summed E-state index contributed by atoms with van der Waals surface area (Å²) in [5.41, 5.74) is 6.39. The lowest BCUT2D eigenvalue weighted by atomic mass is 10.1. The number of nitrogen functional groups attached to an aromatic ring is 1. The standard InChI is InChI=1S/C10H14N4O2/c1-5-4-8(7(3)15-5)6(2)12-10-14-13-9(11)16-10/h4,6H,1-3H3,(H2,11,13)(H,12,14). The van der Waals surface area contributed by atoms with Gasteiger partial charge in [0.1, 0.15) is 11.5 Å². The van der Waals surface area contributed by atoms with Gasteiger partial charge in [0.25, 0.3) is 0 Å². The van der Waals surface area contributed by atoms with Crippen LogP contribution in [0.1, 0.15) is 30.0 Å². The molecule has 0 radical (unpaired) electrons. The number of nitrogens with one attached hydrogen (secondary N) is 1. The normalized spacial score (nSPS) is 12.7. The van der Waals surface area contributed by atoms with Crippen LogP contribution in [0.2, 0.25) is 0 Å². The molecule has 2 aromatic rings. The fourth-order valence-electron chi connectivity index (χ4n) is 1.64. The van der Waals surface area contributed by atoms with Crippen LogP contribution in [0.25, 0.3) is 0 Å². The number of furan rings is 1. The number of hydrogen-bond acceptors (Lipinski definition) is 6. The summed E-state index contributed by atoms with van der Waals surface area (Å²) in [6, 6.07) is 2.36. The van der Waals surface area contributed by atoms with Crippen LogP contribution < -0.4 is 11.1 Å². The molecular weight excluding hydrogens is 208 g/mol. The smallest absolute Gasteiger partial charge is 0.317 e. The molecule has 0 bridgehead atoms. The van der Waals surface area contributed by atoms with Crippen molar-refractivity contribution in [2.45, 2.75) is 26.8 Å². The quantitative estimate of drug-likeness (QED) is 0.825. The average Bonchev–Trinajstić information content (AvgIpc) is 2.73. The van der Waals surface area contributed by atoms with Crippen molar-refractivity contribution in [1.82, 2.24) is 10.2 Å². The number of rotatable bonds is 3. The topological polar surface area (TPSA) is 90.1 Å². The van der Waals surface area contributed by atoms with E-state index in [1.54, 1.807) is 0 Å². The highest BCUT2D eigenvalue weighted by molar-refractivity contribution is 5.32. The summed E-state index contributed by atoms with van der Waals surface area (Å²) in [6.45, 7) is 5.81. The molecule has 0 fully saturated rings. The Labute approximate surface area is 92.8 Å². The second kappa shape index (κ2) is 3.88. The highest BCUT2D eigenvalue weighted by Gasteiger charge is 2.14. The first-order valence-corrected chi connectivity index (χ1v) is 4.98. The van der Waals surface area contributed by atoms with Crippen LogP contribution in [0.4, 0.5) is 12.0 Å². The molecule has 1 unspecified atom stereocenters. The second-order valence-electron chi connectivity index (χ2n) is 3.68. The van der Waals surface area contributed by atoms with Crippen LogP contribution in [-0.2, 0) is 0 Å². The Bertz CT molecular complexity index is 489. The largest absolute Gasteiger partial charge is 0.466 e. The maximum absolute atomic E-state index is 5.45. The summed E-state index contributed by atoms with van der Waals surface area (Å²) >= 11 is 0. The molecule has 2 rings (SSSR count). The molecule has 0 saturated carbocycles. The molecule has 0 aliphatic rings. The van der Waals surface area contributed by atoms with Crippen molar-refractivity contribution in [2.75, 3.05) is 11.1 Å². The van der Waals surface area contributed by atoms with Gasteiger partial charge in [-0.15, -0.1) is 0 Å². The SMILES string of the molecule is Cc1cc(C(C)Nc2nnc(N)o2)c(C)o1. The Morgan fingerprint density at radius 3 is 2.56 bits per heavy atom. The molecule has 6 heteroatoms. The van der Waals surface area contributed by atoms with Gasteiger partial charge in [-0.05, 0) is 26.8 Å². The molecular formula is C10H14N4O2. The zero-order valence-electron chi connectivity index (χ0n) is 9.44. The third-order valence-electron chi connectivity index (χ3n) is 2.33. The summed E-state index contributed by atoms with van der Waals surface area (Å²) in [4.78, 5) is 0. The highest BCUT2D eigenvalue weighted by atomic mass is 16.4. The fraction of sp³-hybridized carbons (Fsp3) is 0.400. The van der Waals surface area contributed by atoms with E-state index in [9.17, 15) is 0 Å². The first-order chi connectivity index (χ1) is 7.56. The van der Waals surface area contributed by atoms with E-state index in [-0.39, 0.29) is 12.1 Å². The molecule has 0 saturated heterocycles. The third-order valence-corrected chi connectivity index (χ3v) is 2.33. The predicted molar refractivity (Wildman–Crippen MR) is 58.9 cm³/mol. The molecule has 86 valence electrons. The van der Waals surface area contributed by atoms with Crippen LogP contribution in [0.3, 0.4) is 0 Å². The van der Waals surface area contributed by atoms with Crippen LogP contribution >= 0.6 is 0 Å². The molecule has 6 nitrogen and oxygen atoms in total. The lowest BCUT2D eigenvalue weighted by Crippen LogP contribution is -2.07. The molecule has 2 aromatic heterocycles. The third kappa shape index (κ3) is 2.00. The minimum Gasteiger partial charge on any atom is -0.466 e. The Kier molecular flexibility index (Phi) is 2.55. The van der Waals surface area contributed by atoms with Crippen molar-refractivity contribution >= 4 is 12.0 Å². The van der Waals surface area contributed by atoms with Crippen LogP contribution in [0.15, 0.2) is 14.9 Å². The first-order valence-electron chi connectivity index (χ1n) is 4.98. The van der Waals surface area contributed by atoms with Crippen molar-refractivity contribution in [2.24, 2.45) is 0 Å². The summed E-state index contributed by atoms with van der Waals surface area (Å²) in [5.74, 6) is 1.76. The van der Waals surface area contributed by atoms with Crippen molar-refractivity contribution < 1.29 is 8.83 Å². The van der Waals surface area contributed by atoms with Crippen molar-refractivity contribution in [3.8, 4) is 0 Å². The average molecular weight is 222 g/mol. The summed E-state index contributed by atoms with van der Waals surface area (Å²) in [7, 11) is 0. The number of hydrogen-bond donors (Lipinski definition) is 2. The van der Waals surface area contributed by atoms with E-state index in [2.05, 4.69) is 15.5 Å². The van der Waals surface area contributed by atoms with Gasteiger partial charge in [-0.1, -0.05) is 10.2 Å². The van der Waals surface area contributed by atoms with Crippen molar-refractivity contribution in [1.29, 1.82) is 0 Å². The Morgan fingerprint density at radius 1 is 1.31 bits per heavy atom. The zero-order valence-corrected chi connectivity index (χ0v) is 9.44. The Hall–Kier alpha value is -1.98. The summed E-state index contributed by atoms with van der Waals surface area (Å²) < 4.78 is 10.5. The van der Waals surface area contributed by atoms with Gasteiger partial charge in [-0.25, -0.2) is 0 Å². The molecule has 0 amide bonds. The van der Waals surface area contributed by atoms with E-state index in [0.717, 1.165) is 17.1 Å². The monoisotopic (exact) mass is 222 g/mol. The van der Waals surface area contributed by atoms with Crippen molar-refractivity contribution in [3.05, 3.63) is 23.2 Å². The number of nitrogens with zero attached hydrogens (tertiary/aromatic N) is 2. The summed E-state index contributed by atoms with van der Waals surface area (Å²) in [6.07, 6.45) is 0. The van der Waals surface area contributed by atoms with Gasteiger partial charge >= 0.3 is 12.0 Å². The first kappa shape index (κ1) is 10.5. The van der Waals surface area contributed by atoms with Gasteiger partial charge in [-0.2, -0.15) is 0 Å². The van der Waals surface area contributed by atoms with Crippen LogP contribution in [-0.4, -0.2) is 10.2 Å². The molecule has 16 heavy (non-hydrogen) atoms. The van der Waals surface area contributed by atoms with E-state index >= 15 is 0 Å². The lowest BCUT2D eigenvalue weighted by Gasteiger charge is -2.10. The maximum atomic E-state index is 5.45. The lowest BCUT2D eigenvalue weighted by molar-refractivity contribution is 0.499. The maximum Gasteiger partial charge on any atom is 0.317 e. The zero-order chi connectivity index (χ0) is 11.7. The van der Waals surface area contributed by atoms with E-state index in [1.807, 2.05) is 26.8 Å². The molecule has 3 N–H and O–H groups in total. The summed E-state index contributed by atoms with van der Waals surface area (Å²) in [5, 5.41) is 10.4. The molecule has 0 aromatic carbocycles. The predicted octanol–water partition coefficient (Wildman–Crippen LogP) is 2.03. The molecule has 2 heterocycles. The Morgan fingerprint density at radius 2 is 2.06 bits per heavy atom. The van der Waals surface area contributed by atoms with E-state index in [1.165, 1.54) is 0 Å². The van der Waals surface area contributed by atoms with Gasteiger partial charge in [0.2, 0.25) is 0 Å². The van der Waals surface area contributed by atoms with Gasteiger partial charge in [0.05, 0.1) is 6.04 Å². The minimum atomic E-state index is 0.0253. The van der Waals surface area contributed by atoms with Gasteiger partial charge < -0.3 is 19.9 Å². The number of aryl methyl sites for hydroxylation is 2. The molecule has 1 atom stereocenters. The van der Waals surface area contributed by atoms with Gasteiger partial charge in [0, 0.05) is 5.56 Å². The molecule has 0 aliphatic heterocycles. The van der Waals surface area contributed by atoms with E-state index in [0.29, 0.717) is 6.01 Å². The molecule has 0 spiro atoms. The van der Waals surface area contributed by atoms with E-state index in [4.69, 9.17) is 14.6 Å². The van der Waals surface area contributed by atoms with E-state index < -0.39 is 0 Å². The Balaban J connectivity index is 2.14. The van der Waals surface area contributed by atoms with Crippen LogP contribution in [0.5, 0.6) is 0 Å². The number of aromatic nitrogens is 2. The minimum absolute atomic E-state index is 0.0253.